The zero-order chi connectivity index (χ0) is 62.4. The second-order valence-electron chi connectivity index (χ2n) is 23.0. The molecule has 0 radical (unpaired) electrons. The molecular formula is C67H124O16P2. The van der Waals surface area contributed by atoms with Gasteiger partial charge in [-0.1, -0.05) is 268 Å². The number of allylic oxidation sites excluding steroid dienone is 8. The van der Waals surface area contributed by atoms with E-state index in [0.717, 1.165) is 96.3 Å². The van der Waals surface area contributed by atoms with Crippen LogP contribution in [-0.2, 0) is 55.8 Å². The first kappa shape index (κ1) is 82.5. The lowest BCUT2D eigenvalue weighted by Crippen LogP contribution is -2.30. The van der Waals surface area contributed by atoms with E-state index in [4.69, 9.17) is 32.3 Å². The van der Waals surface area contributed by atoms with E-state index >= 15 is 0 Å². The van der Waals surface area contributed by atoms with Crippen LogP contribution in [0.15, 0.2) is 48.6 Å². The summed E-state index contributed by atoms with van der Waals surface area (Å²) in [5, 5.41) is 20.5. The van der Waals surface area contributed by atoms with Crippen molar-refractivity contribution in [1.29, 1.82) is 0 Å². The Hall–Kier alpha value is -2.49. The Morgan fingerprint density at radius 3 is 0.953 bits per heavy atom. The minimum absolute atomic E-state index is 0.112. The molecule has 0 amide bonds. The third-order valence-corrected chi connectivity index (χ3v) is 16.5. The maximum atomic E-state index is 12.9. The van der Waals surface area contributed by atoms with Crippen molar-refractivity contribution in [2.75, 3.05) is 39.6 Å². The topological polar surface area (TPSA) is 231 Å². The fraction of sp³-hybridized carbons (Fsp3) is 0.836. The molecule has 0 rings (SSSR count). The van der Waals surface area contributed by atoms with Crippen molar-refractivity contribution in [2.24, 2.45) is 0 Å². The van der Waals surface area contributed by atoms with Crippen LogP contribution in [0.1, 0.15) is 303 Å². The number of phosphoric acid groups is 2. The third-order valence-electron chi connectivity index (χ3n) is 14.6. The number of hydrogen-bond acceptors (Lipinski definition) is 14. The summed E-state index contributed by atoms with van der Waals surface area (Å²) in [6.45, 7) is 2.66. The lowest BCUT2D eigenvalue weighted by molar-refractivity contribution is -0.161. The van der Waals surface area contributed by atoms with E-state index in [-0.39, 0.29) is 19.3 Å². The molecule has 0 aromatic heterocycles. The zero-order valence-corrected chi connectivity index (χ0v) is 55.6. The molecule has 16 nitrogen and oxygen atoms in total. The average Bonchev–Trinajstić information content (AvgIpc) is 3.51. The van der Waals surface area contributed by atoms with Gasteiger partial charge in [0.25, 0.3) is 0 Å². The number of phosphoric ester groups is 2. The van der Waals surface area contributed by atoms with Gasteiger partial charge in [0.2, 0.25) is 0 Å². The Morgan fingerprint density at radius 1 is 0.329 bits per heavy atom. The average molecular weight is 1250 g/mol. The van der Waals surface area contributed by atoms with Gasteiger partial charge in [-0.2, -0.15) is 0 Å². The maximum Gasteiger partial charge on any atom is 0.472 e. The van der Waals surface area contributed by atoms with Gasteiger partial charge in [0.05, 0.1) is 26.4 Å². The van der Waals surface area contributed by atoms with E-state index in [1.54, 1.807) is 0 Å². The summed E-state index contributed by atoms with van der Waals surface area (Å²) >= 11 is 0. The molecule has 85 heavy (non-hydrogen) atoms. The van der Waals surface area contributed by atoms with Crippen molar-refractivity contribution in [3.05, 3.63) is 48.6 Å². The number of ether oxygens (including phenoxy) is 3. The predicted molar refractivity (Wildman–Crippen MR) is 344 cm³/mol. The van der Waals surface area contributed by atoms with E-state index < -0.39 is 91.5 Å². The van der Waals surface area contributed by atoms with Crippen LogP contribution in [0.4, 0.5) is 0 Å². The highest BCUT2D eigenvalue weighted by molar-refractivity contribution is 7.47. The molecule has 0 heterocycles. The molecule has 0 bridgehead atoms. The van der Waals surface area contributed by atoms with Gasteiger partial charge in [-0.25, -0.2) is 9.13 Å². The number of rotatable bonds is 65. The van der Waals surface area contributed by atoms with Crippen molar-refractivity contribution in [3.63, 3.8) is 0 Å². The summed E-state index contributed by atoms with van der Waals surface area (Å²) < 4.78 is 60.8. The number of hydrogen-bond donors (Lipinski definition) is 4. The summed E-state index contributed by atoms with van der Waals surface area (Å²) in [7, 11) is -9.76. The van der Waals surface area contributed by atoms with Crippen molar-refractivity contribution in [1.82, 2.24) is 0 Å². The van der Waals surface area contributed by atoms with Crippen LogP contribution in [0.25, 0.3) is 0 Å². The van der Waals surface area contributed by atoms with E-state index in [0.29, 0.717) is 19.3 Å². The van der Waals surface area contributed by atoms with E-state index in [2.05, 4.69) is 69.4 Å². The van der Waals surface area contributed by atoms with Gasteiger partial charge in [0, 0.05) is 19.3 Å². The Balaban J connectivity index is 4.59. The van der Waals surface area contributed by atoms with Gasteiger partial charge < -0.3 is 34.2 Å². The minimum Gasteiger partial charge on any atom is -0.463 e. The van der Waals surface area contributed by atoms with Crippen molar-refractivity contribution in [2.45, 2.75) is 322 Å². The molecule has 5 atom stereocenters. The van der Waals surface area contributed by atoms with Crippen molar-refractivity contribution < 1.29 is 75.8 Å². The van der Waals surface area contributed by atoms with E-state index in [1.807, 2.05) is 0 Å². The standard InChI is InChI=1S/C67H124O16P2/c1-4-7-10-13-16-19-22-25-27-28-29-30-31-32-34-37-38-41-44-47-50-53-65(70)77-56-62(68)57-79-84(73,74)80-58-63(69)59-81-85(75,76)82-61-64(83-67(72)55-52-49-46-43-40-35-24-21-18-15-12-9-6-3)60-78-66(71)54-51-48-45-42-39-36-33-26-23-20-17-14-11-8-5-2/h16,19,25,27,29-30,32,34,62-64,68-69H,4-15,17-18,20-24,26,28,31,33,35-61H2,1-3H3,(H,73,74)(H,75,76)/b19-16-,27-25-,30-29-,34-32-. The van der Waals surface area contributed by atoms with Crippen LogP contribution in [0.2, 0.25) is 0 Å². The van der Waals surface area contributed by atoms with Crippen LogP contribution in [0.5, 0.6) is 0 Å². The molecule has 0 aromatic carbocycles. The summed E-state index contributed by atoms with van der Waals surface area (Å²) in [5.41, 5.74) is 0. The molecule has 18 heteroatoms. The van der Waals surface area contributed by atoms with E-state index in [1.165, 1.54) is 148 Å². The molecule has 0 fully saturated rings. The summed E-state index contributed by atoms with van der Waals surface area (Å²) in [5.74, 6) is -1.57. The number of unbranched alkanes of at least 4 members (excludes halogenated alkanes) is 34. The second kappa shape index (κ2) is 61.7. The highest BCUT2D eigenvalue weighted by atomic mass is 31.2. The zero-order valence-electron chi connectivity index (χ0n) is 53.8. The first-order valence-corrected chi connectivity index (χ1v) is 36.9. The largest absolute Gasteiger partial charge is 0.472 e. The molecular weight excluding hydrogens is 1120 g/mol. The number of carbonyl (C=O) groups is 3. The molecule has 5 unspecified atom stereocenters. The monoisotopic (exact) mass is 1250 g/mol. The SMILES string of the molecule is CCCCC/C=C\C/C=C\C/C=C\C/C=C\CCCCCCCC(=O)OCC(O)COP(=O)(O)OCC(O)COP(=O)(O)OCC(COC(=O)CCCCCCCCCCCCCCCCC)OC(=O)CCCCCCCCCCCCCCC. The summed E-state index contributed by atoms with van der Waals surface area (Å²) in [4.78, 5) is 58.3. The van der Waals surface area contributed by atoms with Crippen LogP contribution in [0, 0.1) is 0 Å². The molecule has 0 aromatic rings. The van der Waals surface area contributed by atoms with Gasteiger partial charge >= 0.3 is 33.6 Å². The van der Waals surface area contributed by atoms with Crippen LogP contribution < -0.4 is 0 Å². The van der Waals surface area contributed by atoms with E-state index in [9.17, 15) is 43.5 Å². The molecule has 0 aliphatic heterocycles. The molecule has 4 N–H and O–H groups in total. The molecule has 0 aliphatic carbocycles. The first-order valence-electron chi connectivity index (χ1n) is 33.9. The van der Waals surface area contributed by atoms with Crippen LogP contribution in [-0.4, -0.2) is 95.9 Å². The predicted octanol–water partition coefficient (Wildman–Crippen LogP) is 18.4. The number of aliphatic hydroxyl groups is 2. The number of carbonyl (C=O) groups excluding carboxylic acids is 3. The third kappa shape index (κ3) is 62.9. The molecule has 0 saturated carbocycles. The highest BCUT2D eigenvalue weighted by Gasteiger charge is 2.29. The molecule has 0 aliphatic rings. The summed E-state index contributed by atoms with van der Waals surface area (Å²) in [6.07, 6.45) is 60.2. The molecule has 0 spiro atoms. The highest BCUT2D eigenvalue weighted by Crippen LogP contribution is 2.45. The Labute approximate surface area is 517 Å². The number of aliphatic hydroxyl groups excluding tert-OH is 2. The second-order valence-corrected chi connectivity index (χ2v) is 25.9. The normalized spacial score (nSPS) is 14.6. The molecule has 498 valence electrons. The van der Waals surface area contributed by atoms with Gasteiger partial charge in [-0.3, -0.25) is 32.5 Å². The van der Waals surface area contributed by atoms with Crippen molar-refractivity contribution >= 4 is 33.6 Å². The first-order chi connectivity index (χ1) is 41.2. The van der Waals surface area contributed by atoms with Crippen molar-refractivity contribution in [3.8, 4) is 0 Å². The van der Waals surface area contributed by atoms with Gasteiger partial charge in [0.1, 0.15) is 25.4 Å². The van der Waals surface area contributed by atoms with Gasteiger partial charge in [-0.15, -0.1) is 0 Å². The quantitative estimate of drug-likeness (QED) is 0.0146. The van der Waals surface area contributed by atoms with Gasteiger partial charge in [0.15, 0.2) is 6.10 Å². The Kier molecular flexibility index (Phi) is 59.9. The number of esters is 3. The van der Waals surface area contributed by atoms with Crippen LogP contribution in [0.3, 0.4) is 0 Å². The maximum absolute atomic E-state index is 12.9. The van der Waals surface area contributed by atoms with Gasteiger partial charge in [-0.05, 0) is 64.2 Å². The van der Waals surface area contributed by atoms with Crippen LogP contribution >= 0.6 is 15.6 Å². The lowest BCUT2D eigenvalue weighted by atomic mass is 10.0. The fourth-order valence-electron chi connectivity index (χ4n) is 9.32. The smallest absolute Gasteiger partial charge is 0.463 e. The Bertz CT molecular complexity index is 1760. The minimum atomic E-state index is -4.91. The fourth-order valence-corrected chi connectivity index (χ4v) is 10.9. The Morgan fingerprint density at radius 2 is 0.588 bits per heavy atom. The summed E-state index contributed by atoms with van der Waals surface area (Å²) in [6, 6.07) is 0. The molecule has 0 saturated heterocycles. The lowest BCUT2D eigenvalue weighted by Gasteiger charge is -2.21.